The minimum atomic E-state index is -0.317. The Bertz CT molecular complexity index is 409. The minimum absolute atomic E-state index is 0.196. The lowest BCUT2D eigenvalue weighted by atomic mass is 9.96. The highest BCUT2D eigenvalue weighted by molar-refractivity contribution is 9.10. The van der Waals surface area contributed by atoms with Gasteiger partial charge in [-0.25, -0.2) is 0 Å². The summed E-state index contributed by atoms with van der Waals surface area (Å²) in [6, 6.07) is 5.25. The summed E-state index contributed by atoms with van der Waals surface area (Å²) in [7, 11) is 0. The molecule has 5 heteroatoms. The number of halogens is 2. The average Bonchev–Trinajstić information content (AvgIpc) is 2.29. The van der Waals surface area contributed by atoms with Gasteiger partial charge < -0.3 is 0 Å². The molecule has 0 bridgehead atoms. The molecule has 1 rings (SSSR count). The maximum atomic E-state index is 11.0. The van der Waals surface area contributed by atoms with Gasteiger partial charge in [0, 0.05) is 20.9 Å². The summed E-state index contributed by atoms with van der Waals surface area (Å²) in [4.78, 5) is 11.0. The fourth-order valence-electron chi connectivity index (χ4n) is 1.76. The summed E-state index contributed by atoms with van der Waals surface area (Å²) in [6.07, 6.45) is 1.73. The number of nitrogens with zero attached hydrogens (tertiary/aromatic N) is 1. The lowest BCUT2D eigenvalue weighted by molar-refractivity contribution is -0.385. The highest BCUT2D eigenvalue weighted by atomic mass is 79.9. The van der Waals surface area contributed by atoms with Crippen molar-refractivity contribution in [1.82, 2.24) is 0 Å². The first-order valence-electron chi connectivity index (χ1n) is 5.52. The van der Waals surface area contributed by atoms with Crippen LogP contribution in [0.1, 0.15) is 25.8 Å². The molecule has 0 heterocycles. The molecular formula is C12H15Br2NO2. The molecule has 0 spiro atoms. The predicted octanol–water partition coefficient (Wildman–Crippen LogP) is 4.71. The molecule has 0 N–H and O–H groups in total. The van der Waals surface area contributed by atoms with Crippen LogP contribution in [0.15, 0.2) is 22.7 Å². The van der Waals surface area contributed by atoms with Crippen LogP contribution >= 0.6 is 31.9 Å². The second-order valence-electron chi connectivity index (χ2n) is 4.14. The van der Waals surface area contributed by atoms with E-state index in [4.69, 9.17) is 0 Å². The van der Waals surface area contributed by atoms with Crippen LogP contribution < -0.4 is 0 Å². The van der Waals surface area contributed by atoms with E-state index in [2.05, 4.69) is 45.7 Å². The second kappa shape index (κ2) is 6.50. The summed E-state index contributed by atoms with van der Waals surface area (Å²) in [6.45, 7) is 4.21. The molecule has 2 atom stereocenters. The van der Waals surface area contributed by atoms with Crippen molar-refractivity contribution in [3.05, 3.63) is 38.3 Å². The van der Waals surface area contributed by atoms with Gasteiger partial charge in [0.15, 0.2) is 0 Å². The van der Waals surface area contributed by atoms with Crippen LogP contribution in [0.3, 0.4) is 0 Å². The fourth-order valence-corrected chi connectivity index (χ4v) is 2.29. The molecule has 94 valence electrons. The van der Waals surface area contributed by atoms with Gasteiger partial charge >= 0.3 is 0 Å². The first-order chi connectivity index (χ1) is 7.95. The fraction of sp³-hybridized carbons (Fsp3) is 0.500. The molecule has 0 radical (unpaired) electrons. The van der Waals surface area contributed by atoms with Crippen molar-refractivity contribution in [2.75, 3.05) is 0 Å². The van der Waals surface area contributed by atoms with Crippen molar-refractivity contribution in [2.24, 2.45) is 5.92 Å². The van der Waals surface area contributed by atoms with Gasteiger partial charge in [0.1, 0.15) is 0 Å². The van der Waals surface area contributed by atoms with Crippen molar-refractivity contribution in [3.63, 3.8) is 0 Å². The Balaban J connectivity index is 2.94. The van der Waals surface area contributed by atoms with E-state index in [1.54, 1.807) is 6.07 Å². The summed E-state index contributed by atoms with van der Waals surface area (Å²) < 4.78 is 0.742. The largest absolute Gasteiger partial charge is 0.273 e. The zero-order valence-electron chi connectivity index (χ0n) is 9.82. The van der Waals surface area contributed by atoms with E-state index in [1.165, 1.54) is 0 Å². The Labute approximate surface area is 118 Å². The Morgan fingerprint density at radius 3 is 2.65 bits per heavy atom. The number of nitro groups is 1. The predicted molar refractivity (Wildman–Crippen MR) is 76.7 cm³/mol. The molecule has 0 aliphatic heterocycles. The lowest BCUT2D eigenvalue weighted by Crippen LogP contribution is -2.13. The van der Waals surface area contributed by atoms with Crippen LogP contribution in [-0.2, 0) is 6.42 Å². The highest BCUT2D eigenvalue weighted by Crippen LogP contribution is 2.28. The maximum Gasteiger partial charge on any atom is 0.273 e. The van der Waals surface area contributed by atoms with Crippen LogP contribution in [-0.4, -0.2) is 9.75 Å². The third-order valence-corrected chi connectivity index (χ3v) is 4.84. The van der Waals surface area contributed by atoms with Gasteiger partial charge in [0.25, 0.3) is 5.69 Å². The van der Waals surface area contributed by atoms with E-state index >= 15 is 0 Å². The number of hydrogen-bond donors (Lipinski definition) is 0. The first-order valence-corrected chi connectivity index (χ1v) is 7.23. The number of nitro benzene ring substituents is 1. The lowest BCUT2D eigenvalue weighted by Gasteiger charge is -2.16. The molecule has 0 amide bonds. The standard InChI is InChI=1S/C12H15Br2NO2/c1-3-11(14)8(2)6-9-4-5-10(13)7-12(9)15(16)17/h4-5,7-8,11H,3,6H2,1-2H3. The Hall–Kier alpha value is -0.420. The molecule has 1 aromatic carbocycles. The molecule has 1 aromatic rings. The van der Waals surface area contributed by atoms with Gasteiger partial charge in [-0.1, -0.05) is 51.8 Å². The number of benzene rings is 1. The summed E-state index contributed by atoms with van der Waals surface area (Å²) in [5.74, 6) is 0.375. The van der Waals surface area contributed by atoms with E-state index in [0.717, 1.165) is 16.5 Å². The van der Waals surface area contributed by atoms with Crippen molar-refractivity contribution in [1.29, 1.82) is 0 Å². The molecule has 0 saturated carbocycles. The quantitative estimate of drug-likeness (QED) is 0.431. The first kappa shape index (κ1) is 14.6. The second-order valence-corrected chi connectivity index (χ2v) is 6.23. The van der Waals surface area contributed by atoms with Crippen LogP contribution in [0.4, 0.5) is 5.69 Å². The minimum Gasteiger partial charge on any atom is -0.258 e. The SMILES string of the molecule is CCC(Br)C(C)Cc1ccc(Br)cc1[N+](=O)[O-]. The summed E-state index contributed by atoms with van der Waals surface area (Å²) in [5.41, 5.74) is 0.991. The number of hydrogen-bond acceptors (Lipinski definition) is 2. The third kappa shape index (κ3) is 4.07. The molecule has 3 nitrogen and oxygen atoms in total. The average molecular weight is 365 g/mol. The van der Waals surface area contributed by atoms with Crippen molar-refractivity contribution in [2.45, 2.75) is 31.5 Å². The number of rotatable bonds is 5. The van der Waals surface area contributed by atoms with Gasteiger partial charge in [-0.05, 0) is 24.8 Å². The molecule has 0 aromatic heterocycles. The molecule has 17 heavy (non-hydrogen) atoms. The molecule has 0 aliphatic rings. The van der Waals surface area contributed by atoms with Gasteiger partial charge in [0.2, 0.25) is 0 Å². The normalized spacial score (nSPS) is 14.4. The molecule has 2 unspecified atom stereocenters. The Kier molecular flexibility index (Phi) is 5.59. The van der Waals surface area contributed by atoms with Gasteiger partial charge in [0.05, 0.1) is 4.92 Å². The zero-order valence-corrected chi connectivity index (χ0v) is 13.0. The Morgan fingerprint density at radius 1 is 1.47 bits per heavy atom. The van der Waals surface area contributed by atoms with E-state index in [0.29, 0.717) is 17.2 Å². The van der Waals surface area contributed by atoms with Gasteiger partial charge in [-0.3, -0.25) is 10.1 Å². The molecule has 0 saturated heterocycles. The Morgan fingerprint density at radius 2 is 2.12 bits per heavy atom. The smallest absolute Gasteiger partial charge is 0.258 e. The van der Waals surface area contributed by atoms with Gasteiger partial charge in [-0.15, -0.1) is 0 Å². The van der Waals surface area contributed by atoms with Gasteiger partial charge in [-0.2, -0.15) is 0 Å². The van der Waals surface area contributed by atoms with Crippen LogP contribution in [0.2, 0.25) is 0 Å². The topological polar surface area (TPSA) is 43.1 Å². The monoisotopic (exact) mass is 363 g/mol. The van der Waals surface area contributed by atoms with Crippen molar-refractivity contribution < 1.29 is 4.92 Å². The number of alkyl halides is 1. The zero-order chi connectivity index (χ0) is 13.0. The van der Waals surface area contributed by atoms with Crippen molar-refractivity contribution >= 4 is 37.5 Å². The summed E-state index contributed by atoms with van der Waals surface area (Å²) in [5, 5.41) is 11.0. The van der Waals surface area contributed by atoms with Crippen LogP contribution in [0, 0.1) is 16.0 Å². The van der Waals surface area contributed by atoms with E-state index in [9.17, 15) is 10.1 Å². The third-order valence-electron chi connectivity index (χ3n) is 2.79. The van der Waals surface area contributed by atoms with E-state index in [1.807, 2.05) is 12.1 Å². The van der Waals surface area contributed by atoms with Crippen LogP contribution in [0.5, 0.6) is 0 Å². The molecule has 0 aliphatic carbocycles. The summed E-state index contributed by atoms with van der Waals surface area (Å²) >= 11 is 6.86. The van der Waals surface area contributed by atoms with E-state index in [-0.39, 0.29) is 10.6 Å². The molecular weight excluding hydrogens is 350 g/mol. The van der Waals surface area contributed by atoms with Crippen LogP contribution in [0.25, 0.3) is 0 Å². The van der Waals surface area contributed by atoms with Crippen molar-refractivity contribution in [3.8, 4) is 0 Å². The molecule has 0 fully saturated rings. The highest BCUT2D eigenvalue weighted by Gasteiger charge is 2.19. The van der Waals surface area contributed by atoms with E-state index < -0.39 is 0 Å². The maximum absolute atomic E-state index is 11.0.